The van der Waals surface area contributed by atoms with Gasteiger partial charge in [0.25, 0.3) is 5.56 Å². The summed E-state index contributed by atoms with van der Waals surface area (Å²) in [5.41, 5.74) is 4.34. The van der Waals surface area contributed by atoms with Crippen molar-refractivity contribution in [2.24, 2.45) is 0 Å². The van der Waals surface area contributed by atoms with Gasteiger partial charge in [-0.3, -0.25) is 14.8 Å². The van der Waals surface area contributed by atoms with Crippen LogP contribution < -0.4 is 10.3 Å². The first-order chi connectivity index (χ1) is 13.7. The number of nitrogens with one attached hydrogen (secondary N) is 1. The number of nitrogens with zero attached hydrogens (tertiary/aromatic N) is 3. The lowest BCUT2D eigenvalue weighted by atomic mass is 10.1. The van der Waals surface area contributed by atoms with Crippen molar-refractivity contribution in [1.82, 2.24) is 19.5 Å². The van der Waals surface area contributed by atoms with Gasteiger partial charge in [-0.2, -0.15) is 0 Å². The normalized spacial score (nSPS) is 15.2. The van der Waals surface area contributed by atoms with Crippen molar-refractivity contribution >= 4 is 5.65 Å². The Kier molecular flexibility index (Phi) is 5.45. The van der Waals surface area contributed by atoms with Crippen molar-refractivity contribution in [3.05, 3.63) is 51.9 Å². The Bertz CT molecular complexity index is 1000. The SMILES string of the molecule is COc1ccc(-c2[nH]n3c(=O)cc(CCCN4CCOCC4)nc3c2C)cc1. The second-order valence-electron chi connectivity index (χ2n) is 7.14. The molecule has 0 amide bonds. The minimum atomic E-state index is -0.0748. The van der Waals surface area contributed by atoms with Crippen LogP contribution in [0.5, 0.6) is 5.75 Å². The molecule has 3 heterocycles. The molecule has 7 heteroatoms. The lowest BCUT2D eigenvalue weighted by molar-refractivity contribution is 0.0374. The molecule has 2 aromatic heterocycles. The Hall–Kier alpha value is -2.64. The van der Waals surface area contributed by atoms with E-state index in [2.05, 4.69) is 10.00 Å². The number of aromatic nitrogens is 3. The maximum atomic E-state index is 12.6. The van der Waals surface area contributed by atoms with Gasteiger partial charge in [-0.05, 0) is 50.6 Å². The van der Waals surface area contributed by atoms with E-state index in [0.717, 1.165) is 74.0 Å². The number of benzene rings is 1. The zero-order valence-electron chi connectivity index (χ0n) is 16.4. The molecule has 0 atom stereocenters. The lowest BCUT2D eigenvalue weighted by Crippen LogP contribution is -2.37. The number of hydrogen-bond acceptors (Lipinski definition) is 5. The Labute approximate surface area is 163 Å². The molecular formula is C21H26N4O3. The molecule has 1 fully saturated rings. The van der Waals surface area contributed by atoms with Crippen molar-refractivity contribution in [3.8, 4) is 17.0 Å². The molecule has 0 spiro atoms. The quantitative estimate of drug-likeness (QED) is 0.708. The maximum Gasteiger partial charge on any atom is 0.272 e. The number of aromatic amines is 1. The van der Waals surface area contributed by atoms with E-state index in [1.54, 1.807) is 13.2 Å². The smallest absolute Gasteiger partial charge is 0.272 e. The van der Waals surface area contributed by atoms with Crippen LogP contribution in [0.2, 0.25) is 0 Å². The highest BCUT2D eigenvalue weighted by atomic mass is 16.5. The average molecular weight is 382 g/mol. The number of rotatable bonds is 6. The lowest BCUT2D eigenvalue weighted by Gasteiger charge is -2.26. The number of aryl methyl sites for hydroxylation is 2. The minimum Gasteiger partial charge on any atom is -0.497 e. The molecule has 1 aromatic carbocycles. The monoisotopic (exact) mass is 382 g/mol. The molecule has 0 radical (unpaired) electrons. The van der Waals surface area contributed by atoms with Crippen molar-refractivity contribution in [1.29, 1.82) is 0 Å². The maximum absolute atomic E-state index is 12.6. The Balaban J connectivity index is 1.55. The molecule has 0 saturated carbocycles. The van der Waals surface area contributed by atoms with Gasteiger partial charge in [-0.25, -0.2) is 9.50 Å². The Morgan fingerprint density at radius 3 is 2.68 bits per heavy atom. The van der Waals surface area contributed by atoms with Gasteiger partial charge >= 0.3 is 0 Å². The molecule has 7 nitrogen and oxygen atoms in total. The second-order valence-corrected chi connectivity index (χ2v) is 7.14. The second kappa shape index (κ2) is 8.16. The number of ether oxygens (including phenoxy) is 2. The summed E-state index contributed by atoms with van der Waals surface area (Å²) in [6, 6.07) is 9.41. The molecule has 1 aliphatic heterocycles. The highest BCUT2D eigenvalue weighted by Crippen LogP contribution is 2.25. The number of methoxy groups -OCH3 is 1. The summed E-state index contributed by atoms with van der Waals surface area (Å²) in [5, 5.41) is 3.20. The summed E-state index contributed by atoms with van der Waals surface area (Å²) in [6.07, 6.45) is 1.78. The van der Waals surface area contributed by atoms with Gasteiger partial charge in [0, 0.05) is 36.0 Å². The molecule has 0 unspecified atom stereocenters. The van der Waals surface area contributed by atoms with Crippen molar-refractivity contribution < 1.29 is 9.47 Å². The van der Waals surface area contributed by atoms with Gasteiger partial charge in [0.2, 0.25) is 0 Å². The predicted octanol–water partition coefficient (Wildman–Crippen LogP) is 2.27. The third-order valence-corrected chi connectivity index (χ3v) is 5.30. The minimum absolute atomic E-state index is 0.0748. The molecule has 4 rings (SSSR count). The number of H-pyrrole nitrogens is 1. The zero-order chi connectivity index (χ0) is 19.5. The molecule has 0 bridgehead atoms. The number of hydrogen-bond donors (Lipinski definition) is 1. The summed E-state index contributed by atoms with van der Waals surface area (Å²) in [4.78, 5) is 19.8. The van der Waals surface area contributed by atoms with E-state index in [9.17, 15) is 4.79 Å². The first-order valence-corrected chi connectivity index (χ1v) is 9.71. The summed E-state index contributed by atoms with van der Waals surface area (Å²) in [6.45, 7) is 6.59. The molecular weight excluding hydrogens is 356 g/mol. The summed E-state index contributed by atoms with van der Waals surface area (Å²) in [7, 11) is 1.65. The summed E-state index contributed by atoms with van der Waals surface area (Å²) in [5.74, 6) is 0.801. The fourth-order valence-corrected chi connectivity index (χ4v) is 3.67. The van der Waals surface area contributed by atoms with E-state index in [1.807, 2.05) is 31.2 Å². The van der Waals surface area contributed by atoms with E-state index < -0.39 is 0 Å². The van der Waals surface area contributed by atoms with Crippen molar-refractivity contribution in [2.45, 2.75) is 19.8 Å². The third kappa shape index (κ3) is 3.81. The molecule has 3 aromatic rings. The van der Waals surface area contributed by atoms with Crippen LogP contribution in [0.15, 0.2) is 35.1 Å². The van der Waals surface area contributed by atoms with Crippen LogP contribution in [-0.2, 0) is 11.2 Å². The van der Waals surface area contributed by atoms with Crippen LogP contribution in [0.25, 0.3) is 16.9 Å². The molecule has 28 heavy (non-hydrogen) atoms. The fourth-order valence-electron chi connectivity index (χ4n) is 3.67. The van der Waals surface area contributed by atoms with E-state index in [0.29, 0.717) is 5.65 Å². The standard InChI is InChI=1S/C21H26N4O3/c1-15-20(16-5-7-18(27-2)8-6-16)23-25-19(26)14-17(22-21(15)25)4-3-9-24-10-12-28-13-11-24/h5-8,14,23H,3-4,9-13H2,1-2H3. The molecule has 1 N–H and O–H groups in total. The molecule has 1 aliphatic rings. The van der Waals surface area contributed by atoms with Gasteiger partial charge in [0.1, 0.15) is 5.75 Å². The molecule has 148 valence electrons. The van der Waals surface area contributed by atoms with Gasteiger partial charge in [0.15, 0.2) is 5.65 Å². The topological polar surface area (TPSA) is 71.9 Å². The number of morpholine rings is 1. The van der Waals surface area contributed by atoms with Gasteiger partial charge < -0.3 is 9.47 Å². The third-order valence-electron chi connectivity index (χ3n) is 5.30. The van der Waals surface area contributed by atoms with Crippen LogP contribution >= 0.6 is 0 Å². The molecule has 0 aliphatic carbocycles. The molecule has 1 saturated heterocycles. The van der Waals surface area contributed by atoms with Crippen LogP contribution in [0.3, 0.4) is 0 Å². The first kappa shape index (κ1) is 18.7. The van der Waals surface area contributed by atoms with Gasteiger partial charge in [-0.15, -0.1) is 0 Å². The fraction of sp³-hybridized carbons (Fsp3) is 0.429. The van der Waals surface area contributed by atoms with E-state index in [-0.39, 0.29) is 5.56 Å². The van der Waals surface area contributed by atoms with Crippen molar-refractivity contribution in [2.75, 3.05) is 40.0 Å². The summed E-state index contributed by atoms with van der Waals surface area (Å²) >= 11 is 0. The van der Waals surface area contributed by atoms with Crippen molar-refractivity contribution in [3.63, 3.8) is 0 Å². The summed E-state index contributed by atoms with van der Waals surface area (Å²) < 4.78 is 12.1. The van der Waals surface area contributed by atoms with Crippen LogP contribution in [-0.4, -0.2) is 59.5 Å². The van der Waals surface area contributed by atoms with E-state index in [4.69, 9.17) is 14.5 Å². The van der Waals surface area contributed by atoms with E-state index in [1.165, 1.54) is 4.52 Å². The number of fused-ring (bicyclic) bond motifs is 1. The van der Waals surface area contributed by atoms with Gasteiger partial charge in [-0.1, -0.05) is 0 Å². The van der Waals surface area contributed by atoms with Crippen LogP contribution in [0.4, 0.5) is 0 Å². The Morgan fingerprint density at radius 1 is 1.21 bits per heavy atom. The van der Waals surface area contributed by atoms with Crippen LogP contribution in [0.1, 0.15) is 17.7 Å². The van der Waals surface area contributed by atoms with Gasteiger partial charge in [0.05, 0.1) is 26.0 Å². The van der Waals surface area contributed by atoms with E-state index >= 15 is 0 Å². The first-order valence-electron chi connectivity index (χ1n) is 9.71. The highest BCUT2D eigenvalue weighted by Gasteiger charge is 2.14. The Morgan fingerprint density at radius 2 is 1.96 bits per heavy atom. The average Bonchev–Trinajstić information content (AvgIpc) is 3.06. The van der Waals surface area contributed by atoms with Crippen LogP contribution in [0, 0.1) is 6.92 Å². The largest absolute Gasteiger partial charge is 0.497 e. The highest BCUT2D eigenvalue weighted by molar-refractivity contribution is 5.70. The zero-order valence-corrected chi connectivity index (χ0v) is 16.4. The predicted molar refractivity (Wildman–Crippen MR) is 108 cm³/mol.